The molecule has 0 spiro atoms. The third kappa shape index (κ3) is 60.7. The Morgan fingerprint density at radius 1 is 0.421 bits per heavy atom. The van der Waals surface area contributed by atoms with Crippen LogP contribution < -0.4 is 4.89 Å². The summed E-state index contributed by atoms with van der Waals surface area (Å²) in [6.45, 7) is 4.14. The minimum atomic E-state index is -4.63. The van der Waals surface area contributed by atoms with Crippen molar-refractivity contribution in [1.29, 1.82) is 0 Å². The van der Waals surface area contributed by atoms with Crippen molar-refractivity contribution < 1.29 is 42.1 Å². The Labute approximate surface area is 469 Å². The standard InChI is InChI=1S/C66H120NO8P/c1-6-8-10-12-14-16-18-19-20-21-22-23-24-25-26-27-28-29-30-31-32-33-34-35-36-37-38-39-40-41-42-43-44-45-46-47-49-51-53-55-57-59-66(69)75-64(63-74-76(70,71)73-61-60-67(3,4)5)62-72-65(68)58-56-54-52-50-48-17-15-13-11-9-7-2/h8,10,14,16,19-20,22-23,25-26,28-29,64H,6-7,9,11-13,15,17-18,21,24,27,30-63H2,1-5H3/b10-8-,16-14-,20-19-,23-22-,26-25-,29-28-. The van der Waals surface area contributed by atoms with E-state index in [0.29, 0.717) is 17.4 Å². The fraction of sp³-hybridized carbons (Fsp3) is 0.788. The summed E-state index contributed by atoms with van der Waals surface area (Å²) in [6.07, 6.45) is 75.6. The SMILES string of the molecule is CC/C=C\C/C=C\C/C=C\C/C=C\C/C=C\C/C=C\CCCCCCCCCCCCCCCCCCCCCCCCC(=O)OC(COC(=O)CCCCCCCCCCCCC)COP(=O)([O-])OCC[N+](C)(C)C. The first-order valence-electron chi connectivity index (χ1n) is 31.6. The average molecular weight is 1090 g/mol. The molecule has 0 radical (unpaired) electrons. The van der Waals surface area contributed by atoms with E-state index in [1.54, 1.807) is 0 Å². The Morgan fingerprint density at radius 2 is 0.750 bits per heavy atom. The summed E-state index contributed by atoms with van der Waals surface area (Å²) in [7, 11) is 1.18. The average Bonchev–Trinajstić information content (AvgIpc) is 3.38. The molecule has 0 heterocycles. The van der Waals surface area contributed by atoms with Crippen LogP contribution in [0.2, 0.25) is 0 Å². The van der Waals surface area contributed by atoms with Gasteiger partial charge in [-0.1, -0.05) is 279 Å². The number of hydrogen-bond acceptors (Lipinski definition) is 8. The number of unbranched alkanes of at least 4 members (excludes halogenated alkanes) is 32. The Morgan fingerprint density at radius 3 is 1.12 bits per heavy atom. The van der Waals surface area contributed by atoms with Crippen LogP contribution in [0.1, 0.15) is 284 Å². The molecule has 2 atom stereocenters. The van der Waals surface area contributed by atoms with Crippen LogP contribution >= 0.6 is 7.82 Å². The number of phosphoric ester groups is 1. The van der Waals surface area contributed by atoms with Gasteiger partial charge in [0.15, 0.2) is 6.10 Å². The highest BCUT2D eigenvalue weighted by Gasteiger charge is 2.22. The van der Waals surface area contributed by atoms with Crippen molar-refractivity contribution in [3.05, 3.63) is 72.9 Å². The number of carbonyl (C=O) groups excluding carboxylic acids is 2. The van der Waals surface area contributed by atoms with Gasteiger partial charge < -0.3 is 27.9 Å². The van der Waals surface area contributed by atoms with Gasteiger partial charge in [0.1, 0.15) is 19.8 Å². The van der Waals surface area contributed by atoms with Crippen molar-refractivity contribution in [2.24, 2.45) is 0 Å². The number of rotatable bonds is 58. The number of nitrogens with zero attached hydrogens (tertiary/aromatic N) is 1. The first kappa shape index (κ1) is 73.5. The summed E-state index contributed by atoms with van der Waals surface area (Å²) >= 11 is 0. The molecule has 0 bridgehead atoms. The number of likely N-dealkylation sites (N-methyl/N-ethyl adjacent to an activating group) is 1. The second kappa shape index (κ2) is 57.1. The van der Waals surface area contributed by atoms with E-state index >= 15 is 0 Å². The van der Waals surface area contributed by atoms with E-state index in [0.717, 1.165) is 70.6 Å². The number of allylic oxidation sites excluding steroid dienone is 12. The Balaban J connectivity index is 3.86. The number of hydrogen-bond donors (Lipinski definition) is 0. The molecule has 0 aliphatic rings. The minimum absolute atomic E-state index is 0.0291. The second-order valence-corrected chi connectivity index (χ2v) is 23.8. The van der Waals surface area contributed by atoms with E-state index in [1.165, 1.54) is 180 Å². The third-order valence-electron chi connectivity index (χ3n) is 13.7. The molecule has 0 aliphatic heterocycles. The summed E-state index contributed by atoms with van der Waals surface area (Å²) in [6, 6.07) is 0. The number of esters is 2. The maximum absolute atomic E-state index is 12.8. The molecule has 0 aromatic carbocycles. The van der Waals surface area contributed by atoms with E-state index in [1.807, 2.05) is 21.1 Å². The van der Waals surface area contributed by atoms with Crippen molar-refractivity contribution in [1.82, 2.24) is 0 Å². The monoisotopic (exact) mass is 1090 g/mol. The lowest BCUT2D eigenvalue weighted by Gasteiger charge is -2.28. The molecule has 0 fully saturated rings. The number of carbonyl (C=O) groups is 2. The number of quaternary nitrogens is 1. The molecule has 10 heteroatoms. The van der Waals surface area contributed by atoms with Crippen LogP contribution in [-0.4, -0.2) is 70.0 Å². The molecule has 0 N–H and O–H groups in total. The maximum Gasteiger partial charge on any atom is 0.306 e. The van der Waals surface area contributed by atoms with Gasteiger partial charge in [-0.15, -0.1) is 0 Å². The molecule has 9 nitrogen and oxygen atoms in total. The van der Waals surface area contributed by atoms with Crippen molar-refractivity contribution >= 4 is 19.8 Å². The van der Waals surface area contributed by atoms with Crippen molar-refractivity contribution in [3.63, 3.8) is 0 Å². The van der Waals surface area contributed by atoms with Gasteiger partial charge in [-0.25, -0.2) is 0 Å². The van der Waals surface area contributed by atoms with Gasteiger partial charge in [-0.3, -0.25) is 14.2 Å². The molecular weight excluding hydrogens is 966 g/mol. The van der Waals surface area contributed by atoms with Crippen LogP contribution in [-0.2, 0) is 32.7 Å². The molecule has 0 saturated carbocycles. The highest BCUT2D eigenvalue weighted by Crippen LogP contribution is 2.38. The van der Waals surface area contributed by atoms with Gasteiger partial charge in [0.05, 0.1) is 27.7 Å². The van der Waals surface area contributed by atoms with Gasteiger partial charge in [0, 0.05) is 12.8 Å². The largest absolute Gasteiger partial charge is 0.756 e. The molecule has 0 amide bonds. The van der Waals surface area contributed by atoms with Crippen LogP contribution in [0.25, 0.3) is 0 Å². The second-order valence-electron chi connectivity index (χ2n) is 22.4. The number of phosphoric acid groups is 1. The summed E-state index contributed by atoms with van der Waals surface area (Å²) in [5.74, 6) is -0.823. The topological polar surface area (TPSA) is 111 Å². The van der Waals surface area contributed by atoms with Crippen LogP contribution in [0.4, 0.5) is 0 Å². The van der Waals surface area contributed by atoms with E-state index < -0.39 is 26.5 Å². The zero-order valence-corrected chi connectivity index (χ0v) is 51.1. The normalized spacial score (nSPS) is 13.7. The molecule has 0 aromatic heterocycles. The predicted octanol–water partition coefficient (Wildman–Crippen LogP) is 19.4. The lowest BCUT2D eigenvalue weighted by molar-refractivity contribution is -0.870. The summed E-state index contributed by atoms with van der Waals surface area (Å²) in [5.41, 5.74) is 0. The maximum atomic E-state index is 12.8. The van der Waals surface area contributed by atoms with Gasteiger partial charge >= 0.3 is 11.9 Å². The first-order valence-corrected chi connectivity index (χ1v) is 33.1. The fourth-order valence-electron chi connectivity index (χ4n) is 8.90. The molecular formula is C66H120NO8P. The Hall–Kier alpha value is -2.55. The van der Waals surface area contributed by atoms with E-state index in [4.69, 9.17) is 18.5 Å². The van der Waals surface area contributed by atoms with Gasteiger partial charge in [0.2, 0.25) is 0 Å². The Bertz CT molecular complexity index is 1510. The van der Waals surface area contributed by atoms with E-state index in [9.17, 15) is 19.0 Å². The molecule has 0 aliphatic carbocycles. The molecule has 442 valence electrons. The van der Waals surface area contributed by atoms with E-state index in [2.05, 4.69) is 86.8 Å². The van der Waals surface area contributed by atoms with Crippen LogP contribution in [0.15, 0.2) is 72.9 Å². The molecule has 0 saturated heterocycles. The van der Waals surface area contributed by atoms with Gasteiger partial charge in [-0.05, 0) is 64.2 Å². The van der Waals surface area contributed by atoms with Gasteiger partial charge in [-0.2, -0.15) is 0 Å². The van der Waals surface area contributed by atoms with Crippen molar-refractivity contribution in [2.45, 2.75) is 290 Å². The van der Waals surface area contributed by atoms with Crippen LogP contribution in [0.5, 0.6) is 0 Å². The highest BCUT2D eigenvalue weighted by molar-refractivity contribution is 7.45. The third-order valence-corrected chi connectivity index (χ3v) is 14.7. The molecule has 76 heavy (non-hydrogen) atoms. The van der Waals surface area contributed by atoms with Crippen LogP contribution in [0, 0.1) is 0 Å². The minimum Gasteiger partial charge on any atom is -0.756 e. The summed E-state index contributed by atoms with van der Waals surface area (Å²) in [4.78, 5) is 37.7. The fourth-order valence-corrected chi connectivity index (χ4v) is 9.63. The van der Waals surface area contributed by atoms with Crippen molar-refractivity contribution in [2.75, 3.05) is 47.5 Å². The van der Waals surface area contributed by atoms with Gasteiger partial charge in [0.25, 0.3) is 7.82 Å². The summed E-state index contributed by atoms with van der Waals surface area (Å²) < 4.78 is 34.1. The lowest BCUT2D eigenvalue weighted by Crippen LogP contribution is -2.37. The van der Waals surface area contributed by atoms with Crippen LogP contribution in [0.3, 0.4) is 0 Å². The molecule has 2 unspecified atom stereocenters. The zero-order valence-electron chi connectivity index (χ0n) is 50.2. The molecule has 0 rings (SSSR count). The van der Waals surface area contributed by atoms with E-state index in [-0.39, 0.29) is 32.0 Å². The number of ether oxygens (including phenoxy) is 2. The molecule has 0 aromatic rings. The highest BCUT2D eigenvalue weighted by atomic mass is 31.2. The lowest BCUT2D eigenvalue weighted by atomic mass is 10.0. The van der Waals surface area contributed by atoms with Crippen molar-refractivity contribution in [3.8, 4) is 0 Å². The Kier molecular flexibility index (Phi) is 55.2. The first-order chi connectivity index (χ1) is 37.0. The predicted molar refractivity (Wildman–Crippen MR) is 323 cm³/mol. The summed E-state index contributed by atoms with van der Waals surface area (Å²) in [5, 5.41) is 0. The quantitative estimate of drug-likeness (QED) is 0.0195. The smallest absolute Gasteiger partial charge is 0.306 e. The zero-order chi connectivity index (χ0) is 55.6.